The second kappa shape index (κ2) is 3.43. The Morgan fingerprint density at radius 3 is 3.00 bits per heavy atom. The molecule has 0 aliphatic carbocycles. The summed E-state index contributed by atoms with van der Waals surface area (Å²) in [5, 5.41) is 12.8. The Bertz CT molecular complexity index is 320. The van der Waals surface area contributed by atoms with E-state index in [-0.39, 0.29) is 0 Å². The Morgan fingerprint density at radius 2 is 2.54 bits per heavy atom. The third-order valence-electron chi connectivity index (χ3n) is 2.09. The Hall–Kier alpha value is -0.940. The highest BCUT2D eigenvalue weighted by Gasteiger charge is 2.19. The van der Waals surface area contributed by atoms with E-state index in [1.54, 1.807) is 0 Å². The van der Waals surface area contributed by atoms with Crippen molar-refractivity contribution < 1.29 is 9.90 Å². The fourth-order valence-electron chi connectivity index (χ4n) is 1.24. The number of carboxylic acids is 1. The first-order valence-electron chi connectivity index (χ1n) is 4.14. The van der Waals surface area contributed by atoms with Gasteiger partial charge in [0.05, 0.1) is 11.2 Å². The highest BCUT2D eigenvalue weighted by Crippen LogP contribution is 2.18. The zero-order chi connectivity index (χ0) is 9.26. The van der Waals surface area contributed by atoms with E-state index < -0.39 is 5.97 Å². The van der Waals surface area contributed by atoms with Crippen molar-refractivity contribution in [1.82, 2.24) is 10.3 Å². The number of aromatic carboxylic acids is 1. The molecular weight excluding hydrogens is 188 g/mol. The van der Waals surface area contributed by atoms with Gasteiger partial charge >= 0.3 is 5.97 Å². The van der Waals surface area contributed by atoms with Crippen molar-refractivity contribution in [2.24, 2.45) is 5.92 Å². The molecule has 2 N–H and O–H groups in total. The number of carboxylic acid groups (broad SMARTS) is 1. The van der Waals surface area contributed by atoms with Gasteiger partial charge in [0.2, 0.25) is 0 Å². The second-order valence-electron chi connectivity index (χ2n) is 3.15. The first-order valence-corrected chi connectivity index (χ1v) is 4.96. The third-order valence-corrected chi connectivity index (χ3v) is 3.10. The number of hydrogen-bond donors (Lipinski definition) is 2. The topological polar surface area (TPSA) is 62.2 Å². The lowest BCUT2D eigenvalue weighted by Gasteiger charge is -2.25. The summed E-state index contributed by atoms with van der Waals surface area (Å²) >= 11 is 1.28. The quantitative estimate of drug-likeness (QED) is 0.746. The molecule has 1 fully saturated rings. The lowest BCUT2D eigenvalue weighted by Crippen LogP contribution is -2.43. The fraction of sp³-hybridized carbons (Fsp3) is 0.500. The molecule has 1 aliphatic rings. The van der Waals surface area contributed by atoms with Crippen molar-refractivity contribution in [2.45, 2.75) is 6.42 Å². The van der Waals surface area contributed by atoms with Gasteiger partial charge < -0.3 is 10.4 Å². The SMILES string of the molecule is O=C(O)c1cnc(CC2CNC2)s1. The molecule has 13 heavy (non-hydrogen) atoms. The first kappa shape index (κ1) is 8.65. The van der Waals surface area contributed by atoms with Crippen LogP contribution in [0.5, 0.6) is 0 Å². The zero-order valence-corrected chi connectivity index (χ0v) is 7.80. The summed E-state index contributed by atoms with van der Waals surface area (Å²) in [4.78, 5) is 14.9. The lowest BCUT2D eigenvalue weighted by molar-refractivity contribution is 0.0702. The largest absolute Gasteiger partial charge is 0.477 e. The minimum atomic E-state index is -0.879. The van der Waals surface area contributed by atoms with Crippen LogP contribution in [0.15, 0.2) is 6.20 Å². The van der Waals surface area contributed by atoms with Crippen LogP contribution in [-0.4, -0.2) is 29.1 Å². The Kier molecular flexibility index (Phi) is 2.28. The summed E-state index contributed by atoms with van der Waals surface area (Å²) in [6.45, 7) is 2.06. The zero-order valence-electron chi connectivity index (χ0n) is 6.99. The van der Waals surface area contributed by atoms with Crippen molar-refractivity contribution in [3.63, 3.8) is 0 Å². The maximum absolute atomic E-state index is 10.5. The number of thiazole rings is 1. The minimum absolute atomic E-state index is 0.335. The van der Waals surface area contributed by atoms with E-state index >= 15 is 0 Å². The molecule has 1 aromatic rings. The molecule has 1 aliphatic heterocycles. The minimum Gasteiger partial charge on any atom is -0.477 e. The average molecular weight is 198 g/mol. The predicted molar refractivity (Wildman–Crippen MR) is 49.1 cm³/mol. The van der Waals surface area contributed by atoms with Gasteiger partial charge in [-0.2, -0.15) is 0 Å². The molecule has 0 atom stereocenters. The number of aromatic nitrogens is 1. The lowest BCUT2D eigenvalue weighted by atomic mass is 10.0. The number of rotatable bonds is 3. The molecule has 1 saturated heterocycles. The molecule has 0 aromatic carbocycles. The molecular formula is C8H10N2O2S. The normalized spacial score (nSPS) is 16.9. The predicted octanol–water partition coefficient (Wildman–Crippen LogP) is 0.603. The van der Waals surface area contributed by atoms with Gasteiger partial charge in [0.15, 0.2) is 0 Å². The van der Waals surface area contributed by atoms with Crippen LogP contribution < -0.4 is 5.32 Å². The number of hydrogen-bond acceptors (Lipinski definition) is 4. The van der Waals surface area contributed by atoms with Crippen molar-refractivity contribution >= 4 is 17.3 Å². The van der Waals surface area contributed by atoms with Crippen LogP contribution in [0.25, 0.3) is 0 Å². The van der Waals surface area contributed by atoms with E-state index in [0.29, 0.717) is 10.8 Å². The van der Waals surface area contributed by atoms with Crippen LogP contribution in [-0.2, 0) is 6.42 Å². The molecule has 0 saturated carbocycles. The van der Waals surface area contributed by atoms with E-state index in [1.807, 2.05) is 0 Å². The Balaban J connectivity index is 2.00. The van der Waals surface area contributed by atoms with E-state index in [0.717, 1.165) is 24.5 Å². The molecule has 5 heteroatoms. The standard InChI is InChI=1S/C8H10N2O2S/c11-8(12)6-4-10-7(13-6)1-5-2-9-3-5/h4-5,9H,1-3H2,(H,11,12). The first-order chi connectivity index (χ1) is 6.25. The molecule has 2 rings (SSSR count). The summed E-state index contributed by atoms with van der Waals surface area (Å²) in [5.74, 6) is -0.233. The van der Waals surface area contributed by atoms with Crippen molar-refractivity contribution in [3.8, 4) is 0 Å². The van der Waals surface area contributed by atoms with Gasteiger partial charge in [0.25, 0.3) is 0 Å². The van der Waals surface area contributed by atoms with E-state index in [4.69, 9.17) is 5.11 Å². The molecule has 4 nitrogen and oxygen atoms in total. The summed E-state index contributed by atoms with van der Waals surface area (Å²) in [6, 6.07) is 0. The Labute approximate surface area is 79.6 Å². The van der Waals surface area contributed by atoms with Crippen LogP contribution in [0.2, 0.25) is 0 Å². The monoisotopic (exact) mass is 198 g/mol. The summed E-state index contributed by atoms with van der Waals surface area (Å²) in [6.07, 6.45) is 2.35. The molecule has 2 heterocycles. The summed E-state index contributed by atoms with van der Waals surface area (Å²) in [7, 11) is 0. The second-order valence-corrected chi connectivity index (χ2v) is 4.27. The van der Waals surface area contributed by atoms with Gasteiger partial charge in [-0.15, -0.1) is 11.3 Å². The maximum atomic E-state index is 10.5. The maximum Gasteiger partial charge on any atom is 0.347 e. The van der Waals surface area contributed by atoms with Crippen LogP contribution in [0.3, 0.4) is 0 Å². The van der Waals surface area contributed by atoms with Crippen molar-refractivity contribution in [2.75, 3.05) is 13.1 Å². The smallest absolute Gasteiger partial charge is 0.347 e. The molecule has 0 spiro atoms. The van der Waals surface area contributed by atoms with E-state index in [2.05, 4.69) is 10.3 Å². The summed E-state index contributed by atoms with van der Waals surface area (Å²) < 4.78 is 0. The van der Waals surface area contributed by atoms with E-state index in [1.165, 1.54) is 17.5 Å². The van der Waals surface area contributed by atoms with Crippen LogP contribution in [0, 0.1) is 5.92 Å². The Morgan fingerprint density at radius 1 is 1.77 bits per heavy atom. The molecule has 70 valence electrons. The third kappa shape index (κ3) is 1.87. The molecule has 1 aromatic heterocycles. The van der Waals surface area contributed by atoms with Crippen LogP contribution in [0.1, 0.15) is 14.7 Å². The van der Waals surface area contributed by atoms with Gasteiger partial charge in [-0.05, 0) is 19.0 Å². The summed E-state index contributed by atoms with van der Waals surface area (Å²) in [5.41, 5.74) is 0. The fourth-order valence-corrected chi connectivity index (χ4v) is 2.11. The highest BCUT2D eigenvalue weighted by molar-refractivity contribution is 7.13. The molecule has 0 radical (unpaired) electrons. The van der Waals surface area contributed by atoms with Gasteiger partial charge in [0.1, 0.15) is 4.88 Å². The van der Waals surface area contributed by atoms with Gasteiger partial charge in [-0.1, -0.05) is 0 Å². The molecule has 0 amide bonds. The van der Waals surface area contributed by atoms with E-state index in [9.17, 15) is 4.79 Å². The average Bonchev–Trinajstić information content (AvgIpc) is 2.44. The van der Waals surface area contributed by atoms with Crippen LogP contribution >= 0.6 is 11.3 Å². The van der Waals surface area contributed by atoms with Crippen LogP contribution in [0.4, 0.5) is 0 Å². The van der Waals surface area contributed by atoms with Gasteiger partial charge in [-0.25, -0.2) is 9.78 Å². The van der Waals surface area contributed by atoms with Gasteiger partial charge in [-0.3, -0.25) is 0 Å². The number of nitrogens with zero attached hydrogens (tertiary/aromatic N) is 1. The number of carbonyl (C=O) groups is 1. The van der Waals surface area contributed by atoms with Crippen molar-refractivity contribution in [3.05, 3.63) is 16.1 Å². The molecule has 0 bridgehead atoms. The molecule has 0 unspecified atom stereocenters. The highest BCUT2D eigenvalue weighted by atomic mass is 32.1. The van der Waals surface area contributed by atoms with Gasteiger partial charge in [0, 0.05) is 6.42 Å². The van der Waals surface area contributed by atoms with Crippen molar-refractivity contribution in [1.29, 1.82) is 0 Å². The number of nitrogens with one attached hydrogen (secondary N) is 1.